The Kier molecular flexibility index (Phi) is 5.15. The van der Waals surface area contributed by atoms with Crippen molar-refractivity contribution in [2.45, 2.75) is 51.5 Å². The number of aryl methyl sites for hydroxylation is 1. The molecule has 0 atom stereocenters. The molecule has 0 saturated heterocycles. The van der Waals surface area contributed by atoms with Gasteiger partial charge in [0.05, 0.1) is 5.69 Å². The number of nitrogens with one attached hydrogen (secondary N) is 1. The Balaban J connectivity index is 1.73. The normalized spacial score (nSPS) is 16.4. The highest BCUT2D eigenvalue weighted by molar-refractivity contribution is 5.88. The summed E-state index contributed by atoms with van der Waals surface area (Å²) in [6.07, 6.45) is 6.74. The van der Waals surface area contributed by atoms with Gasteiger partial charge in [0, 0.05) is 12.1 Å². The molecule has 110 valence electrons. The lowest BCUT2D eigenvalue weighted by Crippen LogP contribution is -2.37. The summed E-state index contributed by atoms with van der Waals surface area (Å²) in [5.41, 5.74) is 0.597. The van der Waals surface area contributed by atoms with Crippen LogP contribution >= 0.6 is 0 Å². The zero-order valence-electron chi connectivity index (χ0n) is 11.7. The number of amides is 1. The number of esters is 1. The molecule has 20 heavy (non-hydrogen) atoms. The van der Waals surface area contributed by atoms with Crippen LogP contribution in [-0.2, 0) is 9.53 Å². The maximum absolute atomic E-state index is 11.7. The molecule has 0 aliphatic heterocycles. The van der Waals surface area contributed by atoms with Crippen molar-refractivity contribution >= 4 is 11.9 Å². The minimum atomic E-state index is -0.665. The lowest BCUT2D eigenvalue weighted by atomic mass is 10.1. The summed E-state index contributed by atoms with van der Waals surface area (Å²) < 4.78 is 9.66. The third-order valence-electron chi connectivity index (χ3n) is 3.38. The monoisotopic (exact) mass is 280 g/mol. The average Bonchev–Trinajstić information content (AvgIpc) is 2.70. The van der Waals surface area contributed by atoms with Crippen molar-refractivity contribution in [2.75, 3.05) is 6.61 Å². The first-order valence-corrected chi connectivity index (χ1v) is 7.05. The molecule has 0 spiro atoms. The maximum Gasteiger partial charge on any atom is 0.377 e. The van der Waals surface area contributed by atoms with E-state index in [4.69, 9.17) is 9.26 Å². The van der Waals surface area contributed by atoms with Gasteiger partial charge in [-0.15, -0.1) is 0 Å². The Morgan fingerprint density at radius 3 is 2.65 bits per heavy atom. The molecule has 0 radical (unpaired) electrons. The summed E-state index contributed by atoms with van der Waals surface area (Å²) in [4.78, 5) is 23.3. The van der Waals surface area contributed by atoms with E-state index in [0.717, 1.165) is 25.7 Å². The molecule has 1 fully saturated rings. The third-order valence-corrected chi connectivity index (χ3v) is 3.38. The zero-order chi connectivity index (χ0) is 14.4. The summed E-state index contributed by atoms with van der Waals surface area (Å²) in [5, 5.41) is 6.50. The summed E-state index contributed by atoms with van der Waals surface area (Å²) in [6, 6.07) is 1.68. The molecule has 1 aromatic heterocycles. The Morgan fingerprint density at radius 1 is 1.35 bits per heavy atom. The predicted octanol–water partition coefficient (Wildman–Crippen LogP) is 1.98. The highest BCUT2D eigenvalue weighted by Gasteiger charge is 2.18. The summed E-state index contributed by atoms with van der Waals surface area (Å²) in [6.45, 7) is 1.42. The van der Waals surface area contributed by atoms with Crippen molar-refractivity contribution in [1.82, 2.24) is 10.5 Å². The number of hydrogen-bond donors (Lipinski definition) is 1. The summed E-state index contributed by atoms with van der Waals surface area (Å²) >= 11 is 0. The predicted molar refractivity (Wildman–Crippen MR) is 71.2 cm³/mol. The van der Waals surface area contributed by atoms with E-state index in [0.29, 0.717) is 5.69 Å². The number of aromatic nitrogens is 1. The van der Waals surface area contributed by atoms with Crippen molar-refractivity contribution in [1.29, 1.82) is 0 Å². The van der Waals surface area contributed by atoms with Crippen LogP contribution in [0.5, 0.6) is 0 Å². The molecular weight excluding hydrogens is 260 g/mol. The van der Waals surface area contributed by atoms with E-state index in [1.165, 1.54) is 18.9 Å². The first-order chi connectivity index (χ1) is 9.65. The Hall–Kier alpha value is -1.85. The number of nitrogens with zero attached hydrogens (tertiary/aromatic N) is 1. The molecule has 0 aromatic carbocycles. The van der Waals surface area contributed by atoms with Gasteiger partial charge < -0.3 is 14.6 Å². The van der Waals surface area contributed by atoms with E-state index in [-0.39, 0.29) is 24.3 Å². The van der Waals surface area contributed by atoms with Crippen LogP contribution in [-0.4, -0.2) is 29.7 Å². The van der Waals surface area contributed by atoms with Gasteiger partial charge in [-0.25, -0.2) is 4.79 Å². The van der Waals surface area contributed by atoms with Gasteiger partial charge in [0.25, 0.3) is 5.91 Å². The molecule has 0 unspecified atom stereocenters. The van der Waals surface area contributed by atoms with E-state index in [1.54, 1.807) is 6.92 Å². The van der Waals surface area contributed by atoms with Gasteiger partial charge in [-0.3, -0.25) is 4.79 Å². The minimum Gasteiger partial charge on any atom is -0.450 e. The number of hydrogen-bond acceptors (Lipinski definition) is 5. The first-order valence-electron chi connectivity index (χ1n) is 7.05. The molecule has 0 bridgehead atoms. The average molecular weight is 280 g/mol. The van der Waals surface area contributed by atoms with Gasteiger partial charge in [-0.1, -0.05) is 30.8 Å². The first kappa shape index (κ1) is 14.6. The molecule has 1 aliphatic rings. The molecule has 6 nitrogen and oxygen atoms in total. The minimum absolute atomic E-state index is 0.0183. The van der Waals surface area contributed by atoms with Crippen LogP contribution in [0.3, 0.4) is 0 Å². The van der Waals surface area contributed by atoms with E-state index in [9.17, 15) is 9.59 Å². The highest BCUT2D eigenvalue weighted by atomic mass is 16.6. The largest absolute Gasteiger partial charge is 0.450 e. The number of ether oxygens (including phenoxy) is 1. The Morgan fingerprint density at radius 2 is 2.05 bits per heavy atom. The van der Waals surface area contributed by atoms with Crippen LogP contribution in [0.25, 0.3) is 0 Å². The van der Waals surface area contributed by atoms with E-state index < -0.39 is 5.97 Å². The van der Waals surface area contributed by atoms with E-state index >= 15 is 0 Å². The molecule has 1 aliphatic carbocycles. The van der Waals surface area contributed by atoms with Gasteiger partial charge in [0.1, 0.15) is 0 Å². The molecule has 1 saturated carbocycles. The SMILES string of the molecule is Cc1cc(C(=O)OCC(=O)NC2CCCCCC2)on1. The second kappa shape index (κ2) is 7.07. The van der Waals surface area contributed by atoms with Crippen LogP contribution in [0.15, 0.2) is 10.6 Å². The zero-order valence-corrected chi connectivity index (χ0v) is 11.7. The van der Waals surface area contributed by atoms with Crippen LogP contribution in [0.1, 0.15) is 54.8 Å². The molecule has 2 rings (SSSR count). The van der Waals surface area contributed by atoms with Gasteiger partial charge >= 0.3 is 5.97 Å². The third kappa shape index (κ3) is 4.36. The van der Waals surface area contributed by atoms with Crippen molar-refractivity contribution in [3.8, 4) is 0 Å². The van der Waals surface area contributed by atoms with Crippen molar-refractivity contribution in [3.05, 3.63) is 17.5 Å². The van der Waals surface area contributed by atoms with Crippen molar-refractivity contribution < 1.29 is 18.8 Å². The summed E-state index contributed by atoms with van der Waals surface area (Å²) in [5.74, 6) is -0.909. The highest BCUT2D eigenvalue weighted by Crippen LogP contribution is 2.17. The van der Waals surface area contributed by atoms with Crippen LogP contribution in [0, 0.1) is 6.92 Å². The topological polar surface area (TPSA) is 81.4 Å². The quantitative estimate of drug-likeness (QED) is 0.673. The van der Waals surface area contributed by atoms with Gasteiger partial charge in [-0.05, 0) is 19.8 Å². The Bertz CT molecular complexity index is 461. The van der Waals surface area contributed by atoms with Crippen LogP contribution in [0.2, 0.25) is 0 Å². The fraction of sp³-hybridized carbons (Fsp3) is 0.643. The lowest BCUT2D eigenvalue weighted by molar-refractivity contribution is -0.125. The second-order valence-corrected chi connectivity index (χ2v) is 5.16. The standard InChI is InChI=1S/C14H20N2O4/c1-10-8-12(20-16-10)14(18)19-9-13(17)15-11-6-4-2-3-5-7-11/h8,11H,2-7,9H2,1H3,(H,15,17). The number of carbonyl (C=O) groups excluding carboxylic acids is 2. The van der Waals surface area contributed by atoms with Crippen molar-refractivity contribution in [2.24, 2.45) is 0 Å². The number of rotatable bonds is 4. The molecule has 1 aromatic rings. The van der Waals surface area contributed by atoms with Gasteiger partial charge in [0.15, 0.2) is 6.61 Å². The van der Waals surface area contributed by atoms with Crippen LogP contribution < -0.4 is 5.32 Å². The molecule has 1 amide bonds. The van der Waals surface area contributed by atoms with Crippen molar-refractivity contribution in [3.63, 3.8) is 0 Å². The molecule has 6 heteroatoms. The fourth-order valence-electron chi connectivity index (χ4n) is 2.36. The Labute approximate surface area is 117 Å². The van der Waals surface area contributed by atoms with E-state index in [2.05, 4.69) is 10.5 Å². The number of carbonyl (C=O) groups is 2. The lowest BCUT2D eigenvalue weighted by Gasteiger charge is -2.15. The fourth-order valence-corrected chi connectivity index (χ4v) is 2.36. The molecule has 1 N–H and O–H groups in total. The smallest absolute Gasteiger partial charge is 0.377 e. The maximum atomic E-state index is 11.7. The molecule has 1 heterocycles. The summed E-state index contributed by atoms with van der Waals surface area (Å²) in [7, 11) is 0. The van der Waals surface area contributed by atoms with E-state index in [1.807, 2.05) is 0 Å². The van der Waals surface area contributed by atoms with Gasteiger partial charge in [-0.2, -0.15) is 0 Å². The van der Waals surface area contributed by atoms with Crippen LogP contribution in [0.4, 0.5) is 0 Å². The molecular formula is C14H20N2O4. The second-order valence-electron chi connectivity index (χ2n) is 5.16. The van der Waals surface area contributed by atoms with Gasteiger partial charge in [0.2, 0.25) is 5.76 Å².